The summed E-state index contributed by atoms with van der Waals surface area (Å²) in [6.45, 7) is 2.35. The first kappa shape index (κ1) is 12.0. The van der Waals surface area contributed by atoms with Crippen molar-refractivity contribution in [3.63, 3.8) is 0 Å². The minimum atomic E-state index is 0.660. The normalized spacial score (nSPS) is 23.4. The SMILES string of the molecule is CC1CCC(Nc2ccc3cc(Br)ccc3c2)C1. The summed E-state index contributed by atoms with van der Waals surface area (Å²) < 4.78 is 1.14. The fraction of sp³-hybridized carbons (Fsp3) is 0.375. The highest BCUT2D eigenvalue weighted by Crippen LogP contribution is 2.29. The van der Waals surface area contributed by atoms with Gasteiger partial charge in [-0.05, 0) is 60.2 Å². The van der Waals surface area contributed by atoms with Crippen LogP contribution in [0.25, 0.3) is 10.8 Å². The Morgan fingerprint density at radius 2 is 1.83 bits per heavy atom. The molecule has 3 rings (SSSR count). The van der Waals surface area contributed by atoms with Gasteiger partial charge in [-0.25, -0.2) is 0 Å². The number of hydrogen-bond acceptors (Lipinski definition) is 1. The Hall–Kier alpha value is -1.02. The highest BCUT2D eigenvalue weighted by atomic mass is 79.9. The van der Waals surface area contributed by atoms with Crippen molar-refractivity contribution in [3.05, 3.63) is 40.9 Å². The van der Waals surface area contributed by atoms with Gasteiger partial charge in [0.2, 0.25) is 0 Å². The first-order valence-corrected chi connectivity index (χ1v) is 7.46. The summed E-state index contributed by atoms with van der Waals surface area (Å²) in [6.07, 6.45) is 3.97. The van der Waals surface area contributed by atoms with Crippen LogP contribution in [-0.2, 0) is 0 Å². The maximum absolute atomic E-state index is 3.67. The highest BCUT2D eigenvalue weighted by Gasteiger charge is 2.20. The maximum Gasteiger partial charge on any atom is 0.0348 e. The van der Waals surface area contributed by atoms with Gasteiger partial charge in [-0.1, -0.05) is 35.0 Å². The van der Waals surface area contributed by atoms with E-state index in [9.17, 15) is 0 Å². The van der Waals surface area contributed by atoms with E-state index in [1.807, 2.05) is 0 Å². The molecule has 1 nitrogen and oxygen atoms in total. The summed E-state index contributed by atoms with van der Waals surface area (Å²) in [5, 5.41) is 6.25. The Labute approximate surface area is 117 Å². The minimum Gasteiger partial charge on any atom is -0.382 e. The zero-order valence-corrected chi connectivity index (χ0v) is 12.2. The molecule has 2 heteroatoms. The van der Waals surface area contributed by atoms with Crippen LogP contribution < -0.4 is 5.32 Å². The second-order valence-electron chi connectivity index (χ2n) is 5.47. The van der Waals surface area contributed by atoms with Gasteiger partial charge in [0.05, 0.1) is 0 Å². The second-order valence-corrected chi connectivity index (χ2v) is 6.38. The van der Waals surface area contributed by atoms with E-state index in [2.05, 4.69) is 64.6 Å². The van der Waals surface area contributed by atoms with E-state index in [1.165, 1.54) is 35.7 Å². The van der Waals surface area contributed by atoms with Crippen LogP contribution in [0, 0.1) is 5.92 Å². The molecule has 18 heavy (non-hydrogen) atoms. The molecule has 0 aliphatic heterocycles. The molecular weight excluding hydrogens is 286 g/mol. The van der Waals surface area contributed by atoms with Crippen molar-refractivity contribution >= 4 is 32.4 Å². The van der Waals surface area contributed by atoms with E-state index in [-0.39, 0.29) is 0 Å². The lowest BCUT2D eigenvalue weighted by atomic mass is 10.1. The molecule has 1 aliphatic carbocycles. The highest BCUT2D eigenvalue weighted by molar-refractivity contribution is 9.10. The van der Waals surface area contributed by atoms with Crippen molar-refractivity contribution in [2.75, 3.05) is 5.32 Å². The zero-order chi connectivity index (χ0) is 12.5. The lowest BCUT2D eigenvalue weighted by Crippen LogP contribution is -2.14. The predicted octanol–water partition coefficient (Wildman–Crippen LogP) is 5.20. The molecule has 2 unspecified atom stereocenters. The van der Waals surface area contributed by atoms with Crippen LogP contribution in [0.1, 0.15) is 26.2 Å². The molecule has 0 radical (unpaired) electrons. The molecule has 0 spiro atoms. The largest absolute Gasteiger partial charge is 0.382 e. The van der Waals surface area contributed by atoms with E-state index in [0.717, 1.165) is 10.4 Å². The molecule has 94 valence electrons. The third kappa shape index (κ3) is 2.54. The average Bonchev–Trinajstić information content (AvgIpc) is 2.75. The molecule has 2 atom stereocenters. The van der Waals surface area contributed by atoms with Gasteiger partial charge in [-0.3, -0.25) is 0 Å². The van der Waals surface area contributed by atoms with Gasteiger partial charge >= 0.3 is 0 Å². The van der Waals surface area contributed by atoms with Gasteiger partial charge < -0.3 is 5.32 Å². The lowest BCUT2D eigenvalue weighted by Gasteiger charge is -2.14. The Kier molecular flexibility index (Phi) is 3.29. The molecule has 2 aromatic rings. The van der Waals surface area contributed by atoms with Gasteiger partial charge in [-0.2, -0.15) is 0 Å². The molecule has 0 aromatic heterocycles. The van der Waals surface area contributed by atoms with Gasteiger partial charge in [0.1, 0.15) is 0 Å². The molecule has 1 aliphatic rings. The van der Waals surface area contributed by atoms with Gasteiger partial charge in [0, 0.05) is 16.2 Å². The fourth-order valence-electron chi connectivity index (χ4n) is 2.88. The summed E-state index contributed by atoms with van der Waals surface area (Å²) in [6, 6.07) is 13.7. The smallest absolute Gasteiger partial charge is 0.0348 e. The van der Waals surface area contributed by atoms with Crippen LogP contribution in [-0.4, -0.2) is 6.04 Å². The summed E-state index contributed by atoms with van der Waals surface area (Å²) in [7, 11) is 0. The number of rotatable bonds is 2. The molecule has 1 fully saturated rings. The first-order valence-electron chi connectivity index (χ1n) is 6.66. The van der Waals surface area contributed by atoms with Gasteiger partial charge in [0.25, 0.3) is 0 Å². The van der Waals surface area contributed by atoms with Crippen LogP contribution in [0.4, 0.5) is 5.69 Å². The monoisotopic (exact) mass is 303 g/mol. The van der Waals surface area contributed by atoms with Crippen LogP contribution in [0.2, 0.25) is 0 Å². The Bertz CT molecular complexity index is 564. The van der Waals surface area contributed by atoms with E-state index >= 15 is 0 Å². The van der Waals surface area contributed by atoms with Crippen molar-refractivity contribution in [2.45, 2.75) is 32.2 Å². The fourth-order valence-corrected chi connectivity index (χ4v) is 3.26. The number of halogens is 1. The summed E-state index contributed by atoms with van der Waals surface area (Å²) in [4.78, 5) is 0. The number of nitrogens with one attached hydrogen (secondary N) is 1. The van der Waals surface area contributed by atoms with Gasteiger partial charge in [0.15, 0.2) is 0 Å². The van der Waals surface area contributed by atoms with Crippen LogP contribution in [0.15, 0.2) is 40.9 Å². The third-order valence-electron chi connectivity index (χ3n) is 3.87. The molecule has 0 heterocycles. The number of hydrogen-bond donors (Lipinski definition) is 1. The van der Waals surface area contributed by atoms with Gasteiger partial charge in [-0.15, -0.1) is 0 Å². The van der Waals surface area contributed by atoms with Crippen molar-refractivity contribution in [3.8, 4) is 0 Å². The molecule has 0 bridgehead atoms. The third-order valence-corrected chi connectivity index (χ3v) is 4.36. The number of anilines is 1. The first-order chi connectivity index (χ1) is 8.70. The van der Waals surface area contributed by atoms with Crippen LogP contribution in [0.3, 0.4) is 0 Å². The predicted molar refractivity (Wildman–Crippen MR) is 82.1 cm³/mol. The van der Waals surface area contributed by atoms with Crippen molar-refractivity contribution in [2.24, 2.45) is 5.92 Å². The second kappa shape index (κ2) is 4.93. The summed E-state index contributed by atoms with van der Waals surface area (Å²) in [5.41, 5.74) is 1.25. The van der Waals surface area contributed by atoms with E-state index in [1.54, 1.807) is 0 Å². The lowest BCUT2D eigenvalue weighted by molar-refractivity contribution is 0.602. The average molecular weight is 304 g/mol. The van der Waals surface area contributed by atoms with Crippen molar-refractivity contribution < 1.29 is 0 Å². The summed E-state index contributed by atoms with van der Waals surface area (Å²) in [5.74, 6) is 0.874. The topological polar surface area (TPSA) is 12.0 Å². The number of fused-ring (bicyclic) bond motifs is 1. The standard InChI is InChI=1S/C16H18BrN/c1-11-2-6-15(8-11)18-16-7-4-12-9-14(17)5-3-13(12)10-16/h3-5,7,9-11,15,18H,2,6,8H2,1H3. The quantitative estimate of drug-likeness (QED) is 0.804. The maximum atomic E-state index is 3.67. The van der Waals surface area contributed by atoms with E-state index in [4.69, 9.17) is 0 Å². The molecule has 2 aromatic carbocycles. The molecule has 1 saturated carbocycles. The Balaban J connectivity index is 1.82. The van der Waals surface area contributed by atoms with E-state index < -0.39 is 0 Å². The van der Waals surface area contributed by atoms with Crippen LogP contribution >= 0.6 is 15.9 Å². The molecular formula is C16H18BrN. The summed E-state index contributed by atoms with van der Waals surface area (Å²) >= 11 is 3.51. The van der Waals surface area contributed by atoms with E-state index in [0.29, 0.717) is 6.04 Å². The molecule has 0 saturated heterocycles. The zero-order valence-electron chi connectivity index (χ0n) is 10.6. The Morgan fingerprint density at radius 1 is 1.06 bits per heavy atom. The molecule has 1 N–H and O–H groups in total. The minimum absolute atomic E-state index is 0.660. The van der Waals surface area contributed by atoms with Crippen molar-refractivity contribution in [1.29, 1.82) is 0 Å². The number of benzene rings is 2. The Morgan fingerprint density at radius 3 is 2.61 bits per heavy atom. The van der Waals surface area contributed by atoms with Crippen LogP contribution in [0.5, 0.6) is 0 Å². The van der Waals surface area contributed by atoms with Crippen molar-refractivity contribution in [1.82, 2.24) is 0 Å². The molecule has 0 amide bonds.